The first-order valence-corrected chi connectivity index (χ1v) is 5.01. The average molecular weight is 191 g/mol. The predicted molar refractivity (Wildman–Crippen MR) is 54.8 cm³/mol. The summed E-state index contributed by atoms with van der Waals surface area (Å²) in [6, 6.07) is 9.29. The van der Waals surface area contributed by atoms with Crippen molar-refractivity contribution in [3.63, 3.8) is 0 Å². The van der Waals surface area contributed by atoms with Gasteiger partial charge in [-0.15, -0.1) is 0 Å². The van der Waals surface area contributed by atoms with Gasteiger partial charge in [-0.1, -0.05) is 36.8 Å². The number of ketones is 1. The van der Waals surface area contributed by atoms with Crippen molar-refractivity contribution < 1.29 is 9.90 Å². The molecule has 1 aromatic rings. The van der Waals surface area contributed by atoms with E-state index in [9.17, 15) is 9.90 Å². The Morgan fingerprint density at radius 1 is 1.00 bits per heavy atom. The van der Waals surface area contributed by atoms with Crippen LogP contribution in [0.1, 0.15) is 36.0 Å². The Balaban J connectivity index is 2.29. The third-order valence-corrected chi connectivity index (χ3v) is 2.14. The Bertz CT molecular complexity index is 267. The van der Waals surface area contributed by atoms with Crippen molar-refractivity contribution in [3.05, 3.63) is 35.9 Å². The number of rotatable bonds is 6. The first-order chi connectivity index (χ1) is 6.84. The molecule has 0 atom stereocenters. The lowest BCUT2D eigenvalue weighted by molar-refractivity contribution is 0.0977. The molecule has 0 saturated carbocycles. The van der Waals surface area contributed by atoms with Gasteiger partial charge in [0.2, 0.25) is 0 Å². The van der Waals surface area contributed by atoms with Crippen molar-refractivity contribution in [3.8, 4) is 0 Å². The normalized spacial score (nSPS) is 10.1. The van der Waals surface area contributed by atoms with Crippen molar-refractivity contribution in [1.82, 2.24) is 0 Å². The minimum atomic E-state index is -0.0282. The van der Waals surface area contributed by atoms with Gasteiger partial charge in [0.15, 0.2) is 5.78 Å². The fourth-order valence-corrected chi connectivity index (χ4v) is 1.33. The van der Waals surface area contributed by atoms with Gasteiger partial charge in [0.1, 0.15) is 0 Å². The van der Waals surface area contributed by atoms with E-state index >= 15 is 0 Å². The molecule has 1 aromatic carbocycles. The molecule has 0 spiro atoms. The molecule has 0 N–H and O–H groups in total. The van der Waals surface area contributed by atoms with Crippen molar-refractivity contribution >= 4 is 5.78 Å². The molecular formula is C12H15O2. The SMILES string of the molecule is [O]CCCCCC(=O)c1ccccc1. The zero-order valence-corrected chi connectivity index (χ0v) is 8.24. The summed E-state index contributed by atoms with van der Waals surface area (Å²) in [4.78, 5) is 11.5. The van der Waals surface area contributed by atoms with E-state index in [1.165, 1.54) is 0 Å². The highest BCUT2D eigenvalue weighted by Crippen LogP contribution is 2.07. The number of carbonyl (C=O) groups is 1. The molecule has 75 valence electrons. The van der Waals surface area contributed by atoms with Crippen molar-refractivity contribution in [2.75, 3.05) is 6.61 Å². The fourth-order valence-electron chi connectivity index (χ4n) is 1.33. The molecule has 0 heterocycles. The topological polar surface area (TPSA) is 37.0 Å². The third-order valence-electron chi connectivity index (χ3n) is 2.14. The molecule has 1 rings (SSSR count). The summed E-state index contributed by atoms with van der Waals surface area (Å²) < 4.78 is 0. The highest BCUT2D eigenvalue weighted by molar-refractivity contribution is 5.95. The van der Waals surface area contributed by atoms with Crippen molar-refractivity contribution in [2.45, 2.75) is 25.7 Å². The Labute approximate surface area is 84.6 Å². The summed E-state index contributed by atoms with van der Waals surface area (Å²) in [6.07, 6.45) is 2.93. The van der Waals surface area contributed by atoms with Gasteiger partial charge in [-0.2, -0.15) is 0 Å². The second kappa shape index (κ2) is 6.33. The van der Waals surface area contributed by atoms with Crippen molar-refractivity contribution in [1.29, 1.82) is 0 Å². The molecule has 0 aliphatic rings. The lowest BCUT2D eigenvalue weighted by Crippen LogP contribution is -1.98. The van der Waals surface area contributed by atoms with Crippen LogP contribution in [0.3, 0.4) is 0 Å². The second-order valence-corrected chi connectivity index (χ2v) is 3.30. The lowest BCUT2D eigenvalue weighted by Gasteiger charge is -1.99. The maximum absolute atomic E-state index is 11.5. The first kappa shape index (κ1) is 10.9. The Morgan fingerprint density at radius 2 is 1.71 bits per heavy atom. The standard InChI is InChI=1S/C12H15O2/c13-10-6-2-5-9-12(14)11-7-3-1-4-8-11/h1,3-4,7-8H,2,5-6,9-10H2. The number of benzene rings is 1. The average Bonchev–Trinajstić information content (AvgIpc) is 2.25. The quantitative estimate of drug-likeness (QED) is 0.503. The van der Waals surface area contributed by atoms with Crippen LogP contribution in [0.25, 0.3) is 0 Å². The molecule has 0 aromatic heterocycles. The van der Waals surface area contributed by atoms with E-state index in [1.807, 2.05) is 30.3 Å². The molecule has 0 unspecified atom stereocenters. The molecular weight excluding hydrogens is 176 g/mol. The van der Waals surface area contributed by atoms with Gasteiger partial charge in [-0.25, -0.2) is 5.11 Å². The molecule has 2 heteroatoms. The van der Waals surface area contributed by atoms with E-state index in [2.05, 4.69) is 0 Å². The van der Waals surface area contributed by atoms with Crippen molar-refractivity contribution in [2.24, 2.45) is 0 Å². The lowest BCUT2D eigenvalue weighted by atomic mass is 10.1. The number of hydrogen-bond donors (Lipinski definition) is 0. The number of hydrogen-bond acceptors (Lipinski definition) is 1. The molecule has 0 bridgehead atoms. The number of unbranched alkanes of at least 4 members (excludes halogenated alkanes) is 2. The summed E-state index contributed by atoms with van der Waals surface area (Å²) in [5, 5.41) is 10.2. The summed E-state index contributed by atoms with van der Waals surface area (Å²) in [5.41, 5.74) is 0.773. The van der Waals surface area contributed by atoms with Crippen LogP contribution in [0.15, 0.2) is 30.3 Å². The van der Waals surface area contributed by atoms with Crippen LogP contribution in [0.4, 0.5) is 0 Å². The molecule has 0 aliphatic heterocycles. The van der Waals surface area contributed by atoms with E-state index in [4.69, 9.17) is 0 Å². The van der Waals surface area contributed by atoms with E-state index < -0.39 is 0 Å². The maximum atomic E-state index is 11.5. The van der Waals surface area contributed by atoms with Gasteiger partial charge in [0.25, 0.3) is 0 Å². The van der Waals surface area contributed by atoms with Gasteiger partial charge in [0, 0.05) is 12.0 Å². The monoisotopic (exact) mass is 191 g/mol. The van der Waals surface area contributed by atoms with Crippen LogP contribution < -0.4 is 0 Å². The molecule has 0 aliphatic carbocycles. The van der Waals surface area contributed by atoms with Gasteiger partial charge in [-0.3, -0.25) is 4.79 Å². The summed E-state index contributed by atoms with van der Waals surface area (Å²) in [5.74, 6) is 0.177. The van der Waals surface area contributed by atoms with Crippen LogP contribution in [-0.2, 0) is 5.11 Å². The highest BCUT2D eigenvalue weighted by atomic mass is 16.2. The van der Waals surface area contributed by atoms with Gasteiger partial charge < -0.3 is 0 Å². The summed E-state index contributed by atoms with van der Waals surface area (Å²) in [7, 11) is 0. The number of Topliss-reactive ketones (excluding diaryl/α,β-unsaturated/α-hetero) is 1. The van der Waals surface area contributed by atoms with Crippen LogP contribution >= 0.6 is 0 Å². The van der Waals surface area contributed by atoms with Crippen LogP contribution in [0.5, 0.6) is 0 Å². The summed E-state index contributed by atoms with van der Waals surface area (Å²) >= 11 is 0. The van der Waals surface area contributed by atoms with Gasteiger partial charge in [-0.05, 0) is 12.8 Å². The molecule has 2 nitrogen and oxygen atoms in total. The van der Waals surface area contributed by atoms with Gasteiger partial charge in [0.05, 0.1) is 6.61 Å². The van der Waals surface area contributed by atoms with E-state index in [1.54, 1.807) is 0 Å². The Morgan fingerprint density at radius 3 is 2.36 bits per heavy atom. The predicted octanol–water partition coefficient (Wildman–Crippen LogP) is 2.86. The van der Waals surface area contributed by atoms with Gasteiger partial charge >= 0.3 is 0 Å². The third kappa shape index (κ3) is 3.71. The van der Waals surface area contributed by atoms with Crippen LogP contribution in [-0.4, -0.2) is 12.4 Å². The van der Waals surface area contributed by atoms with E-state index in [0.717, 1.165) is 18.4 Å². The zero-order valence-electron chi connectivity index (χ0n) is 8.24. The molecule has 0 amide bonds. The first-order valence-electron chi connectivity index (χ1n) is 5.01. The largest absolute Gasteiger partial charge is 0.294 e. The maximum Gasteiger partial charge on any atom is 0.162 e. The number of carbonyl (C=O) groups excluding carboxylic acids is 1. The van der Waals surface area contributed by atoms with Crippen LogP contribution in [0, 0.1) is 0 Å². The van der Waals surface area contributed by atoms with Crippen LogP contribution in [0.2, 0.25) is 0 Å². The molecule has 1 radical (unpaired) electrons. The molecule has 0 fully saturated rings. The van der Waals surface area contributed by atoms with E-state index in [-0.39, 0.29) is 12.4 Å². The molecule has 0 saturated heterocycles. The minimum absolute atomic E-state index is 0.0282. The minimum Gasteiger partial charge on any atom is -0.294 e. The fraction of sp³-hybridized carbons (Fsp3) is 0.417. The summed E-state index contributed by atoms with van der Waals surface area (Å²) in [6.45, 7) is -0.0282. The zero-order chi connectivity index (χ0) is 10.2. The second-order valence-electron chi connectivity index (χ2n) is 3.30. The Hall–Kier alpha value is -1.15. The molecule has 14 heavy (non-hydrogen) atoms. The smallest absolute Gasteiger partial charge is 0.162 e. The Kier molecular flexibility index (Phi) is 4.94. The van der Waals surface area contributed by atoms with E-state index in [0.29, 0.717) is 12.8 Å². The highest BCUT2D eigenvalue weighted by Gasteiger charge is 2.03.